The molecule has 1 aliphatic heterocycles. The number of benzene rings is 1. The van der Waals surface area contributed by atoms with Crippen LogP contribution in [0, 0.1) is 10.1 Å². The number of rotatable bonds is 4. The predicted molar refractivity (Wildman–Crippen MR) is 74.0 cm³/mol. The molecule has 108 valence electrons. The van der Waals surface area contributed by atoms with Gasteiger partial charge in [0.15, 0.2) is 0 Å². The molecular formula is C13H15ClN2O4. The van der Waals surface area contributed by atoms with Crippen LogP contribution in [0.3, 0.4) is 0 Å². The van der Waals surface area contributed by atoms with Crippen LogP contribution in [-0.4, -0.2) is 29.6 Å². The van der Waals surface area contributed by atoms with Crippen LogP contribution in [0.25, 0.3) is 0 Å². The Bertz CT molecular complexity index is 529. The fraction of sp³-hybridized carbons (Fsp3) is 0.462. The highest BCUT2D eigenvalue weighted by atomic mass is 35.5. The summed E-state index contributed by atoms with van der Waals surface area (Å²) in [4.78, 5) is 22.3. The fourth-order valence-corrected chi connectivity index (χ4v) is 2.49. The van der Waals surface area contributed by atoms with Gasteiger partial charge in [0.2, 0.25) is 0 Å². The van der Waals surface area contributed by atoms with Crippen LogP contribution in [0.5, 0.6) is 0 Å². The number of carbonyl (C=O) groups excluding carboxylic acids is 1. The maximum atomic E-state index is 12.1. The minimum atomic E-state index is -0.609. The highest BCUT2D eigenvalue weighted by Crippen LogP contribution is 2.27. The first-order valence-electron chi connectivity index (χ1n) is 6.36. The van der Waals surface area contributed by atoms with Gasteiger partial charge >= 0.3 is 0 Å². The van der Waals surface area contributed by atoms with Gasteiger partial charge in [-0.15, -0.1) is 0 Å². The van der Waals surface area contributed by atoms with E-state index in [0.717, 1.165) is 12.8 Å². The first-order valence-corrected chi connectivity index (χ1v) is 6.74. The van der Waals surface area contributed by atoms with Gasteiger partial charge in [-0.2, -0.15) is 0 Å². The van der Waals surface area contributed by atoms with Gasteiger partial charge in [0.1, 0.15) is 5.02 Å². The van der Waals surface area contributed by atoms with Crippen LogP contribution >= 0.6 is 11.6 Å². The molecule has 20 heavy (non-hydrogen) atoms. The van der Waals surface area contributed by atoms with E-state index in [1.807, 2.05) is 6.92 Å². The third-order valence-corrected chi connectivity index (χ3v) is 3.70. The Morgan fingerprint density at radius 2 is 2.35 bits per heavy atom. The van der Waals surface area contributed by atoms with Crippen molar-refractivity contribution in [1.82, 2.24) is 5.32 Å². The Labute approximate surface area is 121 Å². The van der Waals surface area contributed by atoms with Crippen molar-refractivity contribution in [1.29, 1.82) is 0 Å². The molecular weight excluding hydrogens is 284 g/mol. The topological polar surface area (TPSA) is 81.5 Å². The summed E-state index contributed by atoms with van der Waals surface area (Å²) >= 11 is 5.91. The van der Waals surface area contributed by atoms with Gasteiger partial charge < -0.3 is 10.1 Å². The van der Waals surface area contributed by atoms with Crippen LogP contribution < -0.4 is 5.32 Å². The van der Waals surface area contributed by atoms with Gasteiger partial charge in [0.05, 0.1) is 22.6 Å². The Kier molecular flexibility index (Phi) is 4.57. The third-order valence-electron chi connectivity index (χ3n) is 3.30. The maximum Gasteiger partial charge on any atom is 0.288 e. The first kappa shape index (κ1) is 14.7. The summed E-state index contributed by atoms with van der Waals surface area (Å²) in [5, 5.41) is 13.4. The molecule has 6 nitrogen and oxygen atoms in total. The average molecular weight is 299 g/mol. The third kappa shape index (κ3) is 3.08. The Morgan fingerprint density at radius 3 is 2.95 bits per heavy atom. The molecule has 0 aromatic heterocycles. The molecule has 1 aromatic carbocycles. The predicted octanol–water partition coefficient (Wildman–Crippen LogP) is 2.55. The number of nitro benzene ring substituents is 1. The number of nitro groups is 1. The van der Waals surface area contributed by atoms with E-state index in [9.17, 15) is 14.9 Å². The molecule has 0 spiro atoms. The Morgan fingerprint density at radius 1 is 1.60 bits per heavy atom. The van der Waals surface area contributed by atoms with E-state index in [1.165, 1.54) is 18.2 Å². The summed E-state index contributed by atoms with van der Waals surface area (Å²) in [7, 11) is 0. The van der Waals surface area contributed by atoms with Gasteiger partial charge in [0, 0.05) is 12.7 Å². The highest BCUT2D eigenvalue weighted by Gasteiger charge is 2.26. The molecule has 2 unspecified atom stereocenters. The number of amides is 1. The Hall–Kier alpha value is -1.66. The lowest BCUT2D eigenvalue weighted by atomic mass is 10.1. The molecule has 0 aliphatic carbocycles. The largest absolute Gasteiger partial charge is 0.376 e. The second kappa shape index (κ2) is 6.19. The molecule has 1 aliphatic rings. The number of halogens is 1. The quantitative estimate of drug-likeness (QED) is 0.684. The summed E-state index contributed by atoms with van der Waals surface area (Å²) in [6, 6.07) is 4.01. The van der Waals surface area contributed by atoms with E-state index in [2.05, 4.69) is 5.32 Å². The standard InChI is InChI=1S/C13H15ClN2O4/c1-8(11-6-3-7-20-11)15-13(17)9-4-2-5-10(12(9)14)16(18)19/h2,4-5,8,11H,3,6-7H2,1H3,(H,15,17). The molecule has 7 heteroatoms. The van der Waals surface area contributed by atoms with E-state index in [-0.39, 0.29) is 28.4 Å². The summed E-state index contributed by atoms with van der Waals surface area (Å²) in [6.07, 6.45) is 1.85. The minimum absolute atomic E-state index is 0.0172. The van der Waals surface area contributed by atoms with Crippen molar-refractivity contribution < 1.29 is 14.5 Å². The number of hydrogen-bond donors (Lipinski definition) is 1. The lowest BCUT2D eigenvalue weighted by Crippen LogP contribution is -2.40. The number of nitrogens with zero attached hydrogens (tertiary/aromatic N) is 1. The summed E-state index contributed by atoms with van der Waals surface area (Å²) in [6.45, 7) is 2.54. The summed E-state index contributed by atoms with van der Waals surface area (Å²) in [5.41, 5.74) is -0.171. The number of nitrogens with one attached hydrogen (secondary N) is 1. The zero-order chi connectivity index (χ0) is 14.7. The SMILES string of the molecule is CC(NC(=O)c1cccc([N+](=O)[O-])c1Cl)C1CCCO1. The van der Waals surface area contributed by atoms with Crippen LogP contribution in [0.1, 0.15) is 30.1 Å². The molecule has 0 radical (unpaired) electrons. The number of carbonyl (C=O) groups is 1. The van der Waals surface area contributed by atoms with Crippen molar-refractivity contribution in [2.24, 2.45) is 0 Å². The van der Waals surface area contributed by atoms with Gasteiger partial charge in [-0.3, -0.25) is 14.9 Å². The number of hydrogen-bond acceptors (Lipinski definition) is 4. The van der Waals surface area contributed by atoms with Crippen molar-refractivity contribution in [2.75, 3.05) is 6.61 Å². The lowest BCUT2D eigenvalue weighted by Gasteiger charge is -2.20. The maximum absolute atomic E-state index is 12.1. The monoisotopic (exact) mass is 298 g/mol. The molecule has 0 bridgehead atoms. The molecule has 1 aromatic rings. The smallest absolute Gasteiger partial charge is 0.288 e. The lowest BCUT2D eigenvalue weighted by molar-refractivity contribution is -0.384. The van der Waals surface area contributed by atoms with Gasteiger partial charge in [-0.25, -0.2) is 0 Å². The number of ether oxygens (including phenoxy) is 1. The van der Waals surface area contributed by atoms with E-state index in [4.69, 9.17) is 16.3 Å². The fourth-order valence-electron chi connectivity index (χ4n) is 2.21. The minimum Gasteiger partial charge on any atom is -0.376 e. The van der Waals surface area contributed by atoms with Gasteiger partial charge in [-0.05, 0) is 25.8 Å². The van der Waals surface area contributed by atoms with Gasteiger partial charge in [0.25, 0.3) is 11.6 Å². The first-order chi connectivity index (χ1) is 9.50. The van der Waals surface area contributed by atoms with Crippen LogP contribution in [0.4, 0.5) is 5.69 Å². The molecule has 0 saturated carbocycles. The highest BCUT2D eigenvalue weighted by molar-refractivity contribution is 6.35. The zero-order valence-electron chi connectivity index (χ0n) is 11.0. The molecule has 2 atom stereocenters. The Balaban J connectivity index is 2.13. The summed E-state index contributed by atoms with van der Waals surface area (Å²) < 4.78 is 5.49. The van der Waals surface area contributed by atoms with Crippen LogP contribution in [0.15, 0.2) is 18.2 Å². The zero-order valence-corrected chi connectivity index (χ0v) is 11.7. The molecule has 1 fully saturated rings. The molecule has 1 amide bonds. The molecule has 2 rings (SSSR count). The van der Waals surface area contributed by atoms with E-state index in [0.29, 0.717) is 6.61 Å². The summed E-state index contributed by atoms with van der Waals surface area (Å²) in [5.74, 6) is -0.429. The molecule has 1 N–H and O–H groups in total. The normalized spacial score (nSPS) is 19.6. The van der Waals surface area contributed by atoms with Crippen molar-refractivity contribution in [2.45, 2.75) is 31.9 Å². The van der Waals surface area contributed by atoms with Crippen molar-refractivity contribution in [3.05, 3.63) is 38.9 Å². The van der Waals surface area contributed by atoms with Crippen LogP contribution in [0.2, 0.25) is 5.02 Å². The van der Waals surface area contributed by atoms with Gasteiger partial charge in [-0.1, -0.05) is 17.7 Å². The van der Waals surface area contributed by atoms with Crippen molar-refractivity contribution in [3.63, 3.8) is 0 Å². The molecule has 1 heterocycles. The van der Waals surface area contributed by atoms with Crippen molar-refractivity contribution in [3.8, 4) is 0 Å². The second-order valence-electron chi connectivity index (χ2n) is 4.71. The van der Waals surface area contributed by atoms with Crippen LogP contribution in [-0.2, 0) is 4.74 Å². The second-order valence-corrected chi connectivity index (χ2v) is 5.09. The van der Waals surface area contributed by atoms with E-state index >= 15 is 0 Å². The molecule has 1 saturated heterocycles. The van der Waals surface area contributed by atoms with Crippen molar-refractivity contribution >= 4 is 23.2 Å². The average Bonchev–Trinajstić information content (AvgIpc) is 2.92. The van der Waals surface area contributed by atoms with E-state index in [1.54, 1.807) is 0 Å². The van der Waals surface area contributed by atoms with E-state index < -0.39 is 10.8 Å².